The molecule has 0 heterocycles. The lowest BCUT2D eigenvalue weighted by atomic mass is 9.94. The number of carboxylic acid groups (broad SMARTS) is 1. The van der Waals surface area contributed by atoms with Crippen LogP contribution in [0.5, 0.6) is 0 Å². The van der Waals surface area contributed by atoms with Gasteiger partial charge in [0.1, 0.15) is 6.04 Å². The van der Waals surface area contributed by atoms with Crippen molar-refractivity contribution in [1.82, 2.24) is 5.32 Å². The molecular weight excluding hydrogens is 276 g/mol. The van der Waals surface area contributed by atoms with Crippen LogP contribution in [0.1, 0.15) is 39.5 Å². The molecular formula is C14H26N2O5. The second-order valence-corrected chi connectivity index (χ2v) is 5.51. The van der Waals surface area contributed by atoms with Crippen molar-refractivity contribution in [3.05, 3.63) is 0 Å². The van der Waals surface area contributed by atoms with Gasteiger partial charge < -0.3 is 20.9 Å². The van der Waals surface area contributed by atoms with E-state index in [-0.39, 0.29) is 31.1 Å². The van der Waals surface area contributed by atoms with Gasteiger partial charge in [0.25, 0.3) is 0 Å². The summed E-state index contributed by atoms with van der Waals surface area (Å²) in [5, 5.41) is 11.5. The molecule has 1 amide bonds. The van der Waals surface area contributed by atoms with Crippen LogP contribution in [0.4, 0.5) is 0 Å². The molecule has 2 atom stereocenters. The van der Waals surface area contributed by atoms with Gasteiger partial charge in [0.2, 0.25) is 5.91 Å². The van der Waals surface area contributed by atoms with Gasteiger partial charge in [-0.1, -0.05) is 13.8 Å². The number of esters is 1. The minimum atomic E-state index is -1.17. The van der Waals surface area contributed by atoms with E-state index in [1.54, 1.807) is 0 Å². The summed E-state index contributed by atoms with van der Waals surface area (Å²) < 4.78 is 4.45. The van der Waals surface area contributed by atoms with Crippen LogP contribution in [0.15, 0.2) is 0 Å². The second kappa shape index (κ2) is 10.1. The van der Waals surface area contributed by atoms with Gasteiger partial charge in [-0.3, -0.25) is 9.59 Å². The van der Waals surface area contributed by atoms with E-state index in [9.17, 15) is 14.4 Å². The molecule has 0 saturated carbocycles. The Morgan fingerprint density at radius 1 is 1.29 bits per heavy atom. The van der Waals surface area contributed by atoms with Crippen LogP contribution in [0.2, 0.25) is 0 Å². The molecule has 4 N–H and O–H groups in total. The second-order valence-electron chi connectivity index (χ2n) is 5.51. The number of carbonyl (C=O) groups is 3. The van der Waals surface area contributed by atoms with Crippen LogP contribution in [0.3, 0.4) is 0 Å². The summed E-state index contributed by atoms with van der Waals surface area (Å²) in [6.07, 6.45) is 0.950. The van der Waals surface area contributed by atoms with E-state index in [1.807, 2.05) is 13.8 Å². The van der Waals surface area contributed by atoms with Crippen molar-refractivity contribution in [1.29, 1.82) is 0 Å². The minimum absolute atomic E-state index is 0.00518. The zero-order chi connectivity index (χ0) is 16.4. The van der Waals surface area contributed by atoms with E-state index in [2.05, 4.69) is 10.1 Å². The lowest BCUT2D eigenvalue weighted by Gasteiger charge is -2.19. The summed E-state index contributed by atoms with van der Waals surface area (Å²) in [6, 6.07) is -1.09. The van der Waals surface area contributed by atoms with Gasteiger partial charge in [0.15, 0.2) is 0 Å². The predicted octanol–water partition coefficient (Wildman–Crippen LogP) is 0.520. The fourth-order valence-corrected chi connectivity index (χ4v) is 2.07. The van der Waals surface area contributed by atoms with Gasteiger partial charge in [-0.05, 0) is 31.2 Å². The molecule has 0 spiro atoms. The van der Waals surface area contributed by atoms with Crippen molar-refractivity contribution in [3.63, 3.8) is 0 Å². The van der Waals surface area contributed by atoms with Gasteiger partial charge in [-0.25, -0.2) is 4.79 Å². The molecule has 122 valence electrons. The summed E-state index contributed by atoms with van der Waals surface area (Å²) >= 11 is 0. The molecule has 7 nitrogen and oxygen atoms in total. The highest BCUT2D eigenvalue weighted by Gasteiger charge is 2.22. The van der Waals surface area contributed by atoms with Crippen LogP contribution >= 0.6 is 0 Å². The molecule has 1 unspecified atom stereocenters. The van der Waals surface area contributed by atoms with Crippen molar-refractivity contribution in [3.8, 4) is 0 Å². The van der Waals surface area contributed by atoms with Gasteiger partial charge in [0.05, 0.1) is 7.11 Å². The minimum Gasteiger partial charge on any atom is -0.480 e. The monoisotopic (exact) mass is 302 g/mol. The summed E-state index contributed by atoms with van der Waals surface area (Å²) in [7, 11) is 1.23. The Labute approximate surface area is 125 Å². The van der Waals surface area contributed by atoms with Crippen molar-refractivity contribution < 1.29 is 24.2 Å². The standard InChI is InChI=1S/C14H26N2O5/c1-9(2)6-10(8-15)7-12(17)16-11(14(19)20)4-5-13(18)21-3/h9-11H,4-8,15H2,1-3H3,(H,16,17)(H,19,20)/t10-,11?/m0/s1. The number of nitrogens with two attached hydrogens (primary N) is 1. The smallest absolute Gasteiger partial charge is 0.326 e. The van der Waals surface area contributed by atoms with Crippen LogP contribution in [0, 0.1) is 11.8 Å². The Morgan fingerprint density at radius 2 is 1.90 bits per heavy atom. The summed E-state index contributed by atoms with van der Waals surface area (Å²) in [4.78, 5) is 34.0. The van der Waals surface area contributed by atoms with E-state index in [0.29, 0.717) is 12.5 Å². The molecule has 0 aromatic carbocycles. The molecule has 0 rings (SSSR count). The molecule has 0 aliphatic carbocycles. The summed E-state index contributed by atoms with van der Waals surface area (Å²) in [5.74, 6) is -1.58. The van der Waals surface area contributed by atoms with Gasteiger partial charge in [0, 0.05) is 12.8 Å². The molecule has 0 fully saturated rings. The Balaban J connectivity index is 4.39. The van der Waals surface area contributed by atoms with E-state index < -0.39 is 18.0 Å². The molecule has 0 bridgehead atoms. The number of carboxylic acids is 1. The summed E-state index contributed by atoms with van der Waals surface area (Å²) in [5.41, 5.74) is 5.62. The van der Waals surface area contributed by atoms with E-state index >= 15 is 0 Å². The lowest BCUT2D eigenvalue weighted by molar-refractivity contribution is -0.144. The van der Waals surface area contributed by atoms with Crippen molar-refractivity contribution >= 4 is 17.8 Å². The Morgan fingerprint density at radius 3 is 2.33 bits per heavy atom. The van der Waals surface area contributed by atoms with Gasteiger partial charge >= 0.3 is 11.9 Å². The van der Waals surface area contributed by atoms with Crippen LogP contribution < -0.4 is 11.1 Å². The molecule has 0 aromatic rings. The highest BCUT2D eigenvalue weighted by atomic mass is 16.5. The zero-order valence-corrected chi connectivity index (χ0v) is 12.9. The third-order valence-corrected chi connectivity index (χ3v) is 3.11. The van der Waals surface area contributed by atoms with Crippen LogP contribution in [-0.4, -0.2) is 42.6 Å². The molecule has 7 heteroatoms. The number of methoxy groups -OCH3 is 1. The normalized spacial score (nSPS) is 13.6. The maximum atomic E-state index is 11.9. The van der Waals surface area contributed by atoms with Gasteiger partial charge in [-0.2, -0.15) is 0 Å². The zero-order valence-electron chi connectivity index (χ0n) is 12.9. The predicted molar refractivity (Wildman–Crippen MR) is 77.4 cm³/mol. The van der Waals surface area contributed by atoms with Crippen molar-refractivity contribution in [2.45, 2.75) is 45.6 Å². The first-order chi connectivity index (χ1) is 9.79. The molecule has 0 radical (unpaired) electrons. The molecule has 21 heavy (non-hydrogen) atoms. The first-order valence-electron chi connectivity index (χ1n) is 7.09. The number of hydrogen-bond acceptors (Lipinski definition) is 5. The quantitative estimate of drug-likeness (QED) is 0.506. The first kappa shape index (κ1) is 19.4. The molecule has 0 aliphatic rings. The number of amides is 1. The van der Waals surface area contributed by atoms with E-state index in [0.717, 1.165) is 6.42 Å². The molecule has 0 aromatic heterocycles. The highest BCUT2D eigenvalue weighted by molar-refractivity contribution is 5.84. The third kappa shape index (κ3) is 9.01. The first-order valence-corrected chi connectivity index (χ1v) is 7.09. The van der Waals surface area contributed by atoms with Crippen molar-refractivity contribution in [2.75, 3.05) is 13.7 Å². The fraction of sp³-hybridized carbons (Fsp3) is 0.786. The number of rotatable bonds is 10. The van der Waals surface area contributed by atoms with Gasteiger partial charge in [-0.15, -0.1) is 0 Å². The number of ether oxygens (including phenoxy) is 1. The average molecular weight is 302 g/mol. The Hall–Kier alpha value is -1.63. The molecule has 0 aliphatic heterocycles. The Kier molecular flexibility index (Phi) is 9.36. The van der Waals surface area contributed by atoms with E-state index in [1.165, 1.54) is 7.11 Å². The molecule has 0 saturated heterocycles. The van der Waals surface area contributed by atoms with Crippen LogP contribution in [0.25, 0.3) is 0 Å². The fourth-order valence-electron chi connectivity index (χ4n) is 2.07. The maximum Gasteiger partial charge on any atom is 0.326 e. The number of nitrogens with one attached hydrogen (secondary N) is 1. The number of carbonyl (C=O) groups excluding carboxylic acids is 2. The SMILES string of the molecule is COC(=O)CCC(NC(=O)C[C@@H](CN)CC(C)C)C(=O)O. The van der Waals surface area contributed by atoms with Crippen LogP contribution in [-0.2, 0) is 19.1 Å². The van der Waals surface area contributed by atoms with Crippen molar-refractivity contribution in [2.24, 2.45) is 17.6 Å². The third-order valence-electron chi connectivity index (χ3n) is 3.11. The number of hydrogen-bond donors (Lipinski definition) is 3. The average Bonchev–Trinajstić information content (AvgIpc) is 2.41. The topological polar surface area (TPSA) is 119 Å². The largest absolute Gasteiger partial charge is 0.480 e. The maximum absolute atomic E-state index is 11.9. The van der Waals surface area contributed by atoms with E-state index in [4.69, 9.17) is 10.8 Å². The highest BCUT2D eigenvalue weighted by Crippen LogP contribution is 2.14. The Bertz CT molecular complexity index is 357. The lowest BCUT2D eigenvalue weighted by Crippen LogP contribution is -2.42. The number of aliphatic carboxylic acids is 1. The summed E-state index contributed by atoms with van der Waals surface area (Å²) in [6.45, 7) is 4.46.